The van der Waals surface area contributed by atoms with Crippen molar-refractivity contribution in [3.8, 4) is 11.1 Å². The highest BCUT2D eigenvalue weighted by Gasteiger charge is 2.26. The van der Waals surface area contributed by atoms with Crippen molar-refractivity contribution in [1.82, 2.24) is 9.88 Å². The Bertz CT molecular complexity index is 1010. The molecule has 0 fully saturated rings. The molecule has 2 heterocycles. The van der Waals surface area contributed by atoms with E-state index >= 15 is 0 Å². The molecule has 3 aromatic rings. The van der Waals surface area contributed by atoms with E-state index in [2.05, 4.69) is 5.32 Å². The Kier molecular flexibility index (Phi) is 3.16. The average molecular weight is 330 g/mol. The largest absolute Gasteiger partial charge is 0.349 e. The first-order valence-electron chi connectivity index (χ1n) is 7.53. The van der Waals surface area contributed by atoms with Gasteiger partial charge < -0.3 is 9.88 Å². The van der Waals surface area contributed by atoms with Crippen LogP contribution in [0.2, 0.25) is 0 Å². The monoisotopic (exact) mass is 330 g/mol. The zero-order chi connectivity index (χ0) is 17.0. The number of carbonyl (C=O) groups excluding carboxylic acids is 1. The fourth-order valence-corrected chi connectivity index (χ4v) is 3.38. The van der Waals surface area contributed by atoms with Gasteiger partial charge in [-0.3, -0.25) is 4.79 Å². The second-order valence-electron chi connectivity index (χ2n) is 5.86. The van der Waals surface area contributed by atoms with Crippen LogP contribution in [0.25, 0.3) is 22.0 Å². The van der Waals surface area contributed by atoms with Crippen molar-refractivity contribution < 1.29 is 18.0 Å². The molecular formula is C18H13F3N2O. The molecule has 6 heteroatoms. The summed E-state index contributed by atoms with van der Waals surface area (Å²) in [5, 5.41) is 3.37. The first-order chi connectivity index (χ1) is 11.5. The van der Waals surface area contributed by atoms with Crippen molar-refractivity contribution in [3.05, 3.63) is 59.0 Å². The Morgan fingerprint density at radius 2 is 1.88 bits per heavy atom. The van der Waals surface area contributed by atoms with E-state index in [0.717, 1.165) is 12.1 Å². The third kappa shape index (κ3) is 2.02. The second-order valence-corrected chi connectivity index (χ2v) is 5.86. The number of hydrogen-bond donors (Lipinski definition) is 1. The first-order valence-corrected chi connectivity index (χ1v) is 7.53. The summed E-state index contributed by atoms with van der Waals surface area (Å²) >= 11 is 0. The lowest BCUT2D eigenvalue weighted by Gasteiger charge is -2.18. The molecule has 0 atom stereocenters. The Morgan fingerprint density at radius 1 is 1.08 bits per heavy atom. The van der Waals surface area contributed by atoms with Gasteiger partial charge in [-0.05, 0) is 42.3 Å². The van der Waals surface area contributed by atoms with Crippen molar-refractivity contribution in [1.29, 1.82) is 0 Å². The van der Waals surface area contributed by atoms with Gasteiger partial charge in [0.25, 0.3) is 5.91 Å². The fraction of sp³-hybridized carbons (Fsp3) is 0.167. The van der Waals surface area contributed by atoms with E-state index in [4.69, 9.17) is 0 Å². The number of nitrogens with one attached hydrogen (secondary N) is 1. The molecule has 2 aromatic carbocycles. The van der Waals surface area contributed by atoms with Gasteiger partial charge >= 0.3 is 0 Å². The normalized spacial score (nSPS) is 13.9. The fourth-order valence-electron chi connectivity index (χ4n) is 3.38. The molecule has 1 aromatic heterocycles. The van der Waals surface area contributed by atoms with Crippen LogP contribution in [0, 0.1) is 24.4 Å². The standard InChI is InChI=1S/C18H13F3N2O/c1-9-12-7-11(19)8-13(10-2-3-14(20)15(21)6-10)17(12)23-5-4-22-18(24)16(9)23/h2-3,6-8H,4-5H2,1H3,(H,22,24). The van der Waals surface area contributed by atoms with Gasteiger partial charge in [0.1, 0.15) is 11.5 Å². The molecule has 1 amide bonds. The predicted molar refractivity (Wildman–Crippen MR) is 84.3 cm³/mol. The number of rotatable bonds is 1. The minimum Gasteiger partial charge on any atom is -0.349 e. The quantitative estimate of drug-likeness (QED) is 0.724. The maximum Gasteiger partial charge on any atom is 0.268 e. The number of aryl methyl sites for hydroxylation is 1. The number of benzene rings is 2. The van der Waals surface area contributed by atoms with Crippen LogP contribution in [0.5, 0.6) is 0 Å². The second kappa shape index (κ2) is 5.12. The molecule has 0 bridgehead atoms. The van der Waals surface area contributed by atoms with Crippen LogP contribution in [0.15, 0.2) is 30.3 Å². The molecule has 0 aliphatic carbocycles. The van der Waals surface area contributed by atoms with E-state index in [1.807, 2.05) is 4.57 Å². The maximum atomic E-state index is 14.1. The topological polar surface area (TPSA) is 34.0 Å². The Morgan fingerprint density at radius 3 is 2.62 bits per heavy atom. The number of amides is 1. The number of hydrogen-bond acceptors (Lipinski definition) is 1. The molecule has 0 saturated heterocycles. The molecule has 1 N–H and O–H groups in total. The van der Waals surface area contributed by atoms with Crippen molar-refractivity contribution >= 4 is 16.8 Å². The molecule has 1 aliphatic rings. The highest BCUT2D eigenvalue weighted by Crippen LogP contribution is 2.36. The molecular weight excluding hydrogens is 317 g/mol. The molecule has 0 saturated carbocycles. The molecule has 0 radical (unpaired) electrons. The minimum absolute atomic E-state index is 0.216. The third-order valence-electron chi connectivity index (χ3n) is 4.44. The summed E-state index contributed by atoms with van der Waals surface area (Å²) < 4.78 is 42.8. The molecule has 0 unspecified atom stereocenters. The van der Waals surface area contributed by atoms with Gasteiger partial charge in [0.2, 0.25) is 0 Å². The van der Waals surface area contributed by atoms with E-state index in [1.54, 1.807) is 6.92 Å². The smallest absolute Gasteiger partial charge is 0.268 e. The zero-order valence-electron chi connectivity index (χ0n) is 12.8. The van der Waals surface area contributed by atoms with Crippen LogP contribution in [0.3, 0.4) is 0 Å². The lowest BCUT2D eigenvalue weighted by atomic mass is 10.0. The van der Waals surface area contributed by atoms with Crippen LogP contribution in [-0.2, 0) is 6.54 Å². The summed E-state index contributed by atoms with van der Waals surface area (Å²) in [5.74, 6) is -2.66. The minimum atomic E-state index is -0.996. The number of nitrogens with zero attached hydrogens (tertiary/aromatic N) is 1. The van der Waals surface area contributed by atoms with Crippen LogP contribution in [0.1, 0.15) is 16.1 Å². The summed E-state index contributed by atoms with van der Waals surface area (Å²) in [4.78, 5) is 12.2. The molecule has 1 aliphatic heterocycles. The van der Waals surface area contributed by atoms with Crippen LogP contribution >= 0.6 is 0 Å². The van der Waals surface area contributed by atoms with Gasteiger partial charge in [0, 0.05) is 24.0 Å². The lowest BCUT2D eigenvalue weighted by Crippen LogP contribution is -2.35. The van der Waals surface area contributed by atoms with E-state index in [0.29, 0.717) is 46.4 Å². The molecule has 4 rings (SSSR count). The number of fused-ring (bicyclic) bond motifs is 3. The number of carbonyl (C=O) groups is 1. The highest BCUT2D eigenvalue weighted by atomic mass is 19.2. The van der Waals surface area contributed by atoms with Crippen LogP contribution < -0.4 is 5.32 Å². The summed E-state index contributed by atoms with van der Waals surface area (Å²) in [6.07, 6.45) is 0. The molecule has 24 heavy (non-hydrogen) atoms. The van der Waals surface area contributed by atoms with E-state index in [1.165, 1.54) is 18.2 Å². The van der Waals surface area contributed by atoms with Crippen molar-refractivity contribution in [2.75, 3.05) is 6.54 Å². The zero-order valence-corrected chi connectivity index (χ0v) is 12.8. The first kappa shape index (κ1) is 14.8. The summed E-state index contributed by atoms with van der Waals surface area (Å²) in [7, 11) is 0. The summed E-state index contributed by atoms with van der Waals surface area (Å²) in [5.41, 5.74) is 2.61. The predicted octanol–water partition coefficient (Wildman–Crippen LogP) is 3.78. The summed E-state index contributed by atoms with van der Waals surface area (Å²) in [6, 6.07) is 6.12. The van der Waals surface area contributed by atoms with E-state index in [9.17, 15) is 18.0 Å². The van der Waals surface area contributed by atoms with Crippen molar-refractivity contribution in [2.24, 2.45) is 0 Å². The average Bonchev–Trinajstić information content (AvgIpc) is 2.83. The Balaban J connectivity index is 2.10. The van der Waals surface area contributed by atoms with Gasteiger partial charge in [-0.1, -0.05) is 6.07 Å². The molecule has 0 spiro atoms. The third-order valence-corrected chi connectivity index (χ3v) is 4.44. The number of aromatic nitrogens is 1. The van der Waals surface area contributed by atoms with Crippen LogP contribution in [0.4, 0.5) is 13.2 Å². The van der Waals surface area contributed by atoms with Crippen molar-refractivity contribution in [3.63, 3.8) is 0 Å². The van der Waals surface area contributed by atoms with Gasteiger partial charge in [-0.15, -0.1) is 0 Å². The van der Waals surface area contributed by atoms with E-state index in [-0.39, 0.29) is 5.91 Å². The molecule has 3 nitrogen and oxygen atoms in total. The number of halogens is 3. The van der Waals surface area contributed by atoms with E-state index < -0.39 is 17.5 Å². The molecule has 122 valence electrons. The van der Waals surface area contributed by atoms with Gasteiger partial charge in [-0.25, -0.2) is 13.2 Å². The van der Waals surface area contributed by atoms with Gasteiger partial charge in [0.15, 0.2) is 11.6 Å². The van der Waals surface area contributed by atoms with Gasteiger partial charge in [-0.2, -0.15) is 0 Å². The summed E-state index contributed by atoms with van der Waals surface area (Å²) in [6.45, 7) is 2.75. The highest BCUT2D eigenvalue weighted by molar-refractivity contribution is 6.06. The Hall–Kier alpha value is -2.76. The van der Waals surface area contributed by atoms with Crippen LogP contribution in [-0.4, -0.2) is 17.0 Å². The van der Waals surface area contributed by atoms with Gasteiger partial charge in [0.05, 0.1) is 5.52 Å². The maximum absolute atomic E-state index is 14.1. The Labute approximate surface area is 135 Å². The lowest BCUT2D eigenvalue weighted by molar-refractivity contribution is 0.0928. The SMILES string of the molecule is Cc1c2n(c3c(-c4ccc(F)c(F)c4)cc(F)cc13)CCNC2=O. The van der Waals surface area contributed by atoms with Crippen molar-refractivity contribution in [2.45, 2.75) is 13.5 Å².